The zero-order valence-electron chi connectivity index (χ0n) is 17.5. The molecule has 0 bridgehead atoms. The Labute approximate surface area is 197 Å². The van der Waals surface area contributed by atoms with Crippen molar-refractivity contribution in [3.05, 3.63) is 30.3 Å². The van der Waals surface area contributed by atoms with Gasteiger partial charge in [0.2, 0.25) is 5.91 Å². The van der Waals surface area contributed by atoms with Gasteiger partial charge in [-0.05, 0) is 38.3 Å². The third kappa shape index (κ3) is 6.83. The van der Waals surface area contributed by atoms with E-state index in [-0.39, 0.29) is 48.2 Å². The summed E-state index contributed by atoms with van der Waals surface area (Å²) < 4.78 is 24.8. The number of carbonyl (C=O) groups is 1. The molecule has 0 radical (unpaired) electrons. The van der Waals surface area contributed by atoms with Gasteiger partial charge in [0.15, 0.2) is 15.8 Å². The summed E-state index contributed by atoms with van der Waals surface area (Å²) in [5, 5.41) is 6.54. The summed E-state index contributed by atoms with van der Waals surface area (Å²) in [5.74, 6) is 1.07. The van der Waals surface area contributed by atoms with Crippen molar-refractivity contribution in [2.24, 2.45) is 10.9 Å². The van der Waals surface area contributed by atoms with E-state index in [0.717, 1.165) is 38.6 Å². The predicted molar refractivity (Wildman–Crippen MR) is 130 cm³/mol. The number of carbonyl (C=O) groups excluding carboxylic acids is 1. The zero-order valence-corrected chi connectivity index (χ0v) is 20.7. The molecule has 30 heavy (non-hydrogen) atoms. The summed E-state index contributed by atoms with van der Waals surface area (Å²) >= 11 is 0. The Morgan fingerprint density at radius 3 is 2.53 bits per heavy atom. The first kappa shape index (κ1) is 24.9. The highest BCUT2D eigenvalue weighted by atomic mass is 127. The van der Waals surface area contributed by atoms with Gasteiger partial charge in [0, 0.05) is 31.6 Å². The first-order chi connectivity index (χ1) is 14.0. The van der Waals surface area contributed by atoms with Crippen LogP contribution in [-0.2, 0) is 14.6 Å². The Hall–Kier alpha value is -1.36. The molecule has 1 unspecified atom stereocenters. The number of hydrogen-bond acceptors (Lipinski definition) is 4. The predicted octanol–water partition coefficient (Wildman–Crippen LogP) is 2.42. The van der Waals surface area contributed by atoms with Gasteiger partial charge in [-0.2, -0.15) is 0 Å². The molecular formula is C21H33IN4O3S. The van der Waals surface area contributed by atoms with Crippen molar-refractivity contribution < 1.29 is 13.2 Å². The van der Waals surface area contributed by atoms with Gasteiger partial charge in [0.05, 0.1) is 17.2 Å². The number of nitrogens with one attached hydrogen (secondary N) is 2. The first-order valence-electron chi connectivity index (χ1n) is 10.6. The van der Waals surface area contributed by atoms with Crippen LogP contribution in [0.3, 0.4) is 0 Å². The van der Waals surface area contributed by atoms with Crippen LogP contribution in [0.5, 0.6) is 0 Å². The lowest BCUT2D eigenvalue weighted by atomic mass is 10.1. The summed E-state index contributed by atoms with van der Waals surface area (Å²) in [5.41, 5.74) is 0. The van der Waals surface area contributed by atoms with Gasteiger partial charge in [-0.25, -0.2) is 8.42 Å². The zero-order chi connectivity index (χ0) is 20.7. The molecule has 1 aromatic carbocycles. The number of rotatable bonds is 7. The Bertz CT molecular complexity index is 811. The van der Waals surface area contributed by atoms with Crippen LogP contribution in [0.15, 0.2) is 40.2 Å². The van der Waals surface area contributed by atoms with E-state index in [1.807, 2.05) is 11.8 Å². The lowest BCUT2D eigenvalue weighted by Crippen LogP contribution is -2.45. The van der Waals surface area contributed by atoms with Gasteiger partial charge in [0.25, 0.3) is 0 Å². The van der Waals surface area contributed by atoms with Crippen molar-refractivity contribution in [2.45, 2.75) is 50.0 Å². The summed E-state index contributed by atoms with van der Waals surface area (Å²) in [6, 6.07) is 8.60. The van der Waals surface area contributed by atoms with Gasteiger partial charge in [-0.3, -0.25) is 9.79 Å². The van der Waals surface area contributed by atoms with Crippen molar-refractivity contribution in [3.8, 4) is 0 Å². The van der Waals surface area contributed by atoms with Crippen LogP contribution in [-0.4, -0.2) is 63.2 Å². The van der Waals surface area contributed by atoms with Crippen LogP contribution in [0.1, 0.15) is 39.0 Å². The van der Waals surface area contributed by atoms with E-state index in [0.29, 0.717) is 29.9 Å². The highest BCUT2D eigenvalue weighted by Gasteiger charge is 2.32. The molecule has 0 aromatic heterocycles. The summed E-state index contributed by atoms with van der Waals surface area (Å²) in [4.78, 5) is 19.3. The number of sulfone groups is 1. The highest BCUT2D eigenvalue weighted by Crippen LogP contribution is 2.27. The fourth-order valence-electron chi connectivity index (χ4n) is 4.05. The molecule has 1 aliphatic heterocycles. The standard InChI is InChI=1S/C21H32N4O3S.HI/c1-2-22-21(23-13-15-29(27,28)19-10-4-3-5-11-19)24-18-12-14-25(16-18)20(26)17-8-6-7-9-17;/h3-5,10-11,17-18H,2,6-9,12-16H2,1H3,(H2,22,23,24);1H. The van der Waals surface area contributed by atoms with Gasteiger partial charge < -0.3 is 15.5 Å². The lowest BCUT2D eigenvalue weighted by Gasteiger charge is -2.21. The number of aliphatic imine (C=N–C) groups is 1. The summed E-state index contributed by atoms with van der Waals surface area (Å²) in [7, 11) is -3.34. The molecule has 1 aromatic rings. The maximum Gasteiger partial charge on any atom is 0.225 e. The number of hydrogen-bond donors (Lipinski definition) is 2. The molecular weight excluding hydrogens is 515 g/mol. The van der Waals surface area contributed by atoms with Crippen LogP contribution < -0.4 is 10.6 Å². The van der Waals surface area contributed by atoms with Gasteiger partial charge >= 0.3 is 0 Å². The maximum atomic E-state index is 12.6. The molecule has 1 aliphatic carbocycles. The average Bonchev–Trinajstić information content (AvgIpc) is 3.40. The number of halogens is 1. The molecule has 2 aliphatic rings. The monoisotopic (exact) mass is 548 g/mol. The first-order valence-corrected chi connectivity index (χ1v) is 12.3. The molecule has 1 atom stereocenters. The van der Waals surface area contributed by atoms with Gasteiger partial charge in [0.1, 0.15) is 0 Å². The Kier molecular flexibility index (Phi) is 9.86. The van der Waals surface area contributed by atoms with E-state index in [1.54, 1.807) is 30.3 Å². The SMILES string of the molecule is CCNC(=NCCS(=O)(=O)c1ccccc1)NC1CCN(C(=O)C2CCCC2)C1.I. The van der Waals surface area contributed by atoms with Crippen molar-refractivity contribution >= 4 is 45.7 Å². The molecule has 0 spiro atoms. The van der Waals surface area contributed by atoms with Crippen LogP contribution in [0.25, 0.3) is 0 Å². The van der Waals surface area contributed by atoms with Crippen molar-refractivity contribution in [3.63, 3.8) is 0 Å². The third-order valence-electron chi connectivity index (χ3n) is 5.62. The van der Waals surface area contributed by atoms with Gasteiger partial charge in [-0.15, -0.1) is 24.0 Å². The summed E-state index contributed by atoms with van der Waals surface area (Å²) in [6.07, 6.45) is 5.25. The molecule has 3 rings (SSSR count). The fourth-order valence-corrected chi connectivity index (χ4v) is 5.19. The largest absolute Gasteiger partial charge is 0.357 e. The smallest absolute Gasteiger partial charge is 0.225 e. The third-order valence-corrected chi connectivity index (χ3v) is 7.33. The second kappa shape index (κ2) is 11.9. The number of nitrogens with zero attached hydrogens (tertiary/aromatic N) is 2. The minimum atomic E-state index is -3.34. The van der Waals surface area contributed by atoms with Crippen LogP contribution in [0, 0.1) is 5.92 Å². The number of amides is 1. The minimum Gasteiger partial charge on any atom is -0.357 e. The summed E-state index contributed by atoms with van der Waals surface area (Å²) in [6.45, 7) is 4.30. The lowest BCUT2D eigenvalue weighted by molar-refractivity contribution is -0.134. The van der Waals surface area contributed by atoms with E-state index in [4.69, 9.17) is 0 Å². The van der Waals surface area contributed by atoms with Crippen LogP contribution in [0.4, 0.5) is 0 Å². The Balaban J connectivity index is 0.00000320. The average molecular weight is 548 g/mol. The minimum absolute atomic E-state index is 0. The molecule has 1 saturated heterocycles. The van der Waals surface area contributed by atoms with E-state index in [9.17, 15) is 13.2 Å². The molecule has 1 saturated carbocycles. The molecule has 2 N–H and O–H groups in total. The molecule has 9 heteroatoms. The van der Waals surface area contributed by atoms with Crippen molar-refractivity contribution in [1.29, 1.82) is 0 Å². The second-order valence-electron chi connectivity index (χ2n) is 7.79. The quantitative estimate of drug-likeness (QED) is 0.311. The van der Waals surface area contributed by atoms with Crippen LogP contribution >= 0.6 is 24.0 Å². The normalized spacial score (nSPS) is 20.1. The molecule has 1 amide bonds. The van der Waals surface area contributed by atoms with E-state index < -0.39 is 9.84 Å². The fraction of sp³-hybridized carbons (Fsp3) is 0.619. The number of guanidine groups is 1. The maximum absolute atomic E-state index is 12.6. The van der Waals surface area contributed by atoms with E-state index in [1.165, 1.54) is 0 Å². The van der Waals surface area contributed by atoms with Crippen molar-refractivity contribution in [2.75, 3.05) is 31.9 Å². The van der Waals surface area contributed by atoms with Gasteiger partial charge in [-0.1, -0.05) is 31.0 Å². The molecule has 2 fully saturated rings. The number of benzene rings is 1. The van der Waals surface area contributed by atoms with E-state index in [2.05, 4.69) is 15.6 Å². The Morgan fingerprint density at radius 1 is 1.17 bits per heavy atom. The molecule has 168 valence electrons. The number of likely N-dealkylation sites (tertiary alicyclic amines) is 1. The Morgan fingerprint density at radius 2 is 1.87 bits per heavy atom. The highest BCUT2D eigenvalue weighted by molar-refractivity contribution is 14.0. The molecule has 7 nitrogen and oxygen atoms in total. The van der Waals surface area contributed by atoms with Crippen LogP contribution in [0.2, 0.25) is 0 Å². The van der Waals surface area contributed by atoms with E-state index >= 15 is 0 Å². The van der Waals surface area contributed by atoms with Crippen molar-refractivity contribution in [1.82, 2.24) is 15.5 Å². The molecule has 1 heterocycles. The topological polar surface area (TPSA) is 90.9 Å². The second-order valence-corrected chi connectivity index (χ2v) is 9.90.